The molecule has 1 rings (SSSR count). The normalized spacial score (nSPS) is 12.9. The molecule has 0 fully saturated rings. The van der Waals surface area contributed by atoms with Crippen molar-refractivity contribution in [2.75, 3.05) is 18.8 Å². The molecule has 4 nitrogen and oxygen atoms in total. The first-order chi connectivity index (χ1) is 9.49. The SMILES string of the molecule is CCCN(CC(F)(F)F)S(=O)(=O)c1c(N)cc(Cl)cc1Cl. The Morgan fingerprint density at radius 2 is 1.86 bits per heavy atom. The molecule has 1 aromatic carbocycles. The second-order valence-electron chi connectivity index (χ2n) is 4.26. The molecule has 0 atom stereocenters. The van der Waals surface area contributed by atoms with Gasteiger partial charge in [0.2, 0.25) is 10.0 Å². The van der Waals surface area contributed by atoms with Crippen molar-refractivity contribution in [1.82, 2.24) is 4.31 Å². The number of hydrogen-bond donors (Lipinski definition) is 1. The maximum Gasteiger partial charge on any atom is 0.402 e. The van der Waals surface area contributed by atoms with Crippen LogP contribution in [-0.4, -0.2) is 32.0 Å². The first kappa shape index (κ1) is 18.3. The maximum absolute atomic E-state index is 12.5. The summed E-state index contributed by atoms with van der Waals surface area (Å²) >= 11 is 11.4. The zero-order valence-electron chi connectivity index (χ0n) is 10.9. The molecule has 0 saturated carbocycles. The summed E-state index contributed by atoms with van der Waals surface area (Å²) in [4.78, 5) is -0.564. The van der Waals surface area contributed by atoms with Crippen molar-refractivity contribution in [2.24, 2.45) is 0 Å². The van der Waals surface area contributed by atoms with Gasteiger partial charge in [-0.3, -0.25) is 0 Å². The van der Waals surface area contributed by atoms with Crippen molar-refractivity contribution in [1.29, 1.82) is 0 Å². The molecule has 0 radical (unpaired) electrons. The van der Waals surface area contributed by atoms with Gasteiger partial charge in [0.15, 0.2) is 0 Å². The number of alkyl halides is 3. The molecule has 2 N–H and O–H groups in total. The van der Waals surface area contributed by atoms with E-state index in [-0.39, 0.29) is 28.7 Å². The standard InChI is InChI=1S/C11H13Cl2F3N2O2S/c1-2-3-18(6-11(14,15)16)21(19,20)10-8(13)4-7(12)5-9(10)17/h4-5H,2-3,6,17H2,1H3. The summed E-state index contributed by atoms with van der Waals surface area (Å²) < 4.78 is 62.7. The Kier molecular flexibility index (Phi) is 5.76. The van der Waals surface area contributed by atoms with E-state index < -0.39 is 27.6 Å². The predicted octanol–water partition coefficient (Wildman–Crippen LogP) is 3.54. The van der Waals surface area contributed by atoms with Crippen LogP contribution in [-0.2, 0) is 10.0 Å². The van der Waals surface area contributed by atoms with Crippen molar-refractivity contribution in [3.8, 4) is 0 Å². The highest BCUT2D eigenvalue weighted by atomic mass is 35.5. The fraction of sp³-hybridized carbons (Fsp3) is 0.455. The van der Waals surface area contributed by atoms with Gasteiger partial charge in [0.05, 0.1) is 10.7 Å². The Morgan fingerprint density at radius 1 is 1.29 bits per heavy atom. The number of halogens is 5. The molecule has 0 aliphatic heterocycles. The lowest BCUT2D eigenvalue weighted by molar-refractivity contribution is -0.136. The zero-order chi connectivity index (χ0) is 16.4. The first-order valence-electron chi connectivity index (χ1n) is 5.80. The van der Waals surface area contributed by atoms with Crippen molar-refractivity contribution in [3.63, 3.8) is 0 Å². The van der Waals surface area contributed by atoms with Gasteiger partial charge >= 0.3 is 6.18 Å². The topological polar surface area (TPSA) is 63.4 Å². The molecular formula is C11H13Cl2F3N2O2S. The molecule has 10 heteroatoms. The Labute approximate surface area is 130 Å². The molecule has 0 aromatic heterocycles. The number of hydrogen-bond acceptors (Lipinski definition) is 3. The minimum Gasteiger partial charge on any atom is -0.398 e. The Bertz CT molecular complexity index is 597. The summed E-state index contributed by atoms with van der Waals surface area (Å²) in [7, 11) is -4.48. The Morgan fingerprint density at radius 3 is 2.29 bits per heavy atom. The van der Waals surface area contributed by atoms with Crippen LogP contribution in [0.25, 0.3) is 0 Å². The first-order valence-corrected chi connectivity index (χ1v) is 8.00. The maximum atomic E-state index is 12.5. The number of benzene rings is 1. The predicted molar refractivity (Wildman–Crippen MR) is 76.0 cm³/mol. The van der Waals surface area contributed by atoms with E-state index in [2.05, 4.69) is 0 Å². The average Bonchev–Trinajstić information content (AvgIpc) is 2.24. The lowest BCUT2D eigenvalue weighted by Crippen LogP contribution is -2.39. The van der Waals surface area contributed by atoms with Crippen molar-refractivity contribution >= 4 is 38.9 Å². The van der Waals surface area contributed by atoms with Gasteiger partial charge < -0.3 is 5.73 Å². The van der Waals surface area contributed by atoms with Crippen LogP contribution in [0, 0.1) is 0 Å². The van der Waals surface area contributed by atoms with Crippen molar-refractivity contribution < 1.29 is 21.6 Å². The van der Waals surface area contributed by atoms with E-state index in [4.69, 9.17) is 28.9 Å². The molecule has 0 heterocycles. The lowest BCUT2D eigenvalue weighted by atomic mass is 10.3. The molecule has 0 saturated heterocycles. The highest BCUT2D eigenvalue weighted by molar-refractivity contribution is 7.89. The number of sulfonamides is 1. The van der Waals surface area contributed by atoms with E-state index >= 15 is 0 Å². The van der Waals surface area contributed by atoms with Crippen LogP contribution >= 0.6 is 23.2 Å². The highest BCUT2D eigenvalue weighted by Gasteiger charge is 2.38. The molecule has 0 spiro atoms. The van der Waals surface area contributed by atoms with E-state index in [9.17, 15) is 21.6 Å². The third-order valence-electron chi connectivity index (χ3n) is 2.46. The molecule has 0 unspecified atom stereocenters. The van der Waals surface area contributed by atoms with Gasteiger partial charge in [-0.25, -0.2) is 8.42 Å². The molecule has 0 aliphatic carbocycles. The van der Waals surface area contributed by atoms with Crippen molar-refractivity contribution in [3.05, 3.63) is 22.2 Å². The molecule has 21 heavy (non-hydrogen) atoms. The second kappa shape index (κ2) is 6.60. The van der Waals surface area contributed by atoms with Crippen LogP contribution in [0.1, 0.15) is 13.3 Å². The fourth-order valence-electron chi connectivity index (χ4n) is 1.72. The van der Waals surface area contributed by atoms with Gasteiger partial charge in [0, 0.05) is 11.6 Å². The van der Waals surface area contributed by atoms with E-state index in [1.165, 1.54) is 0 Å². The Hall–Kier alpha value is -0.700. The summed E-state index contributed by atoms with van der Waals surface area (Å²) in [6.07, 6.45) is -4.46. The van der Waals surface area contributed by atoms with E-state index in [1.54, 1.807) is 6.92 Å². The van der Waals surface area contributed by atoms with Gasteiger partial charge in [-0.15, -0.1) is 0 Å². The number of nitrogens with zero attached hydrogens (tertiary/aromatic N) is 1. The molecule has 0 amide bonds. The van der Waals surface area contributed by atoms with Gasteiger partial charge in [0.25, 0.3) is 0 Å². The highest BCUT2D eigenvalue weighted by Crippen LogP contribution is 2.34. The zero-order valence-corrected chi connectivity index (χ0v) is 13.2. The average molecular weight is 365 g/mol. The summed E-state index contributed by atoms with van der Waals surface area (Å²) in [5.74, 6) is 0. The summed E-state index contributed by atoms with van der Waals surface area (Å²) in [5.41, 5.74) is 5.25. The number of nitrogen functional groups attached to an aromatic ring is 1. The van der Waals surface area contributed by atoms with Gasteiger partial charge in [-0.05, 0) is 18.6 Å². The van der Waals surface area contributed by atoms with Crippen LogP contribution < -0.4 is 5.73 Å². The lowest BCUT2D eigenvalue weighted by Gasteiger charge is -2.24. The number of nitrogens with two attached hydrogens (primary N) is 1. The van der Waals surface area contributed by atoms with E-state index in [1.807, 2.05) is 0 Å². The van der Waals surface area contributed by atoms with E-state index in [0.29, 0.717) is 4.31 Å². The second-order valence-corrected chi connectivity index (χ2v) is 6.98. The third-order valence-corrected chi connectivity index (χ3v) is 5.06. The minimum atomic E-state index is -4.67. The summed E-state index contributed by atoms with van der Waals surface area (Å²) in [6, 6.07) is 2.24. The van der Waals surface area contributed by atoms with Gasteiger partial charge in [-0.2, -0.15) is 17.5 Å². The summed E-state index contributed by atoms with van der Waals surface area (Å²) in [5, 5.41) is -0.224. The largest absolute Gasteiger partial charge is 0.402 e. The Balaban J connectivity index is 3.36. The minimum absolute atomic E-state index is 0.0920. The molecule has 0 bridgehead atoms. The smallest absolute Gasteiger partial charge is 0.398 e. The monoisotopic (exact) mass is 364 g/mol. The third kappa shape index (κ3) is 4.64. The summed E-state index contributed by atoms with van der Waals surface area (Å²) in [6.45, 7) is -0.354. The van der Waals surface area contributed by atoms with Gasteiger partial charge in [0.1, 0.15) is 11.4 Å². The quantitative estimate of drug-likeness (QED) is 0.812. The molecule has 0 aliphatic rings. The van der Waals surface area contributed by atoms with Crippen LogP contribution in [0.4, 0.5) is 18.9 Å². The molecule has 1 aromatic rings. The molecular weight excluding hydrogens is 352 g/mol. The van der Waals surface area contributed by atoms with Gasteiger partial charge in [-0.1, -0.05) is 30.1 Å². The van der Waals surface area contributed by atoms with Crippen LogP contribution in [0.2, 0.25) is 10.0 Å². The molecule has 120 valence electrons. The van der Waals surface area contributed by atoms with Crippen LogP contribution in [0.3, 0.4) is 0 Å². The number of anilines is 1. The van der Waals surface area contributed by atoms with Crippen LogP contribution in [0.5, 0.6) is 0 Å². The number of rotatable bonds is 5. The van der Waals surface area contributed by atoms with Crippen molar-refractivity contribution in [2.45, 2.75) is 24.4 Å². The van der Waals surface area contributed by atoms with E-state index in [0.717, 1.165) is 12.1 Å². The fourth-order valence-corrected chi connectivity index (χ4v) is 4.18. The van der Waals surface area contributed by atoms with Crippen LogP contribution in [0.15, 0.2) is 17.0 Å².